The zero-order chi connectivity index (χ0) is 20.8. The molecule has 152 valence electrons. The summed E-state index contributed by atoms with van der Waals surface area (Å²) in [7, 11) is 0. The molecule has 0 saturated heterocycles. The predicted octanol–water partition coefficient (Wildman–Crippen LogP) is 4.09. The van der Waals surface area contributed by atoms with Gasteiger partial charge < -0.3 is 5.32 Å². The molecule has 3 aromatic rings. The number of carbonyl (C=O) groups is 1. The summed E-state index contributed by atoms with van der Waals surface area (Å²) in [4.78, 5) is 15.1. The highest BCUT2D eigenvalue weighted by molar-refractivity contribution is 5.95. The van der Waals surface area contributed by atoms with Crippen LogP contribution in [-0.4, -0.2) is 33.7 Å². The molecule has 0 radical (unpaired) electrons. The number of nitrogens with zero attached hydrogens (tertiary/aromatic N) is 3. The maximum absolute atomic E-state index is 13.2. The molecule has 0 aliphatic heterocycles. The van der Waals surface area contributed by atoms with Crippen LogP contribution < -0.4 is 5.32 Å². The van der Waals surface area contributed by atoms with E-state index in [4.69, 9.17) is 0 Å². The van der Waals surface area contributed by atoms with Crippen molar-refractivity contribution in [1.82, 2.24) is 20.0 Å². The third-order valence-electron chi connectivity index (χ3n) is 5.17. The standard InChI is InChI=1S/C23H27FN4O/c1-4-27(5-2)16-19-9-7-6-8-18(19)14-25-23(29)22-15-26-28(17(22)3)21-12-10-20(24)11-13-21/h6-13,15H,4-5,14,16H2,1-3H3,(H,25,29). The van der Waals surface area contributed by atoms with Crippen molar-refractivity contribution in [1.29, 1.82) is 0 Å². The molecule has 1 heterocycles. The van der Waals surface area contributed by atoms with E-state index in [2.05, 4.69) is 35.2 Å². The van der Waals surface area contributed by atoms with Crippen LogP contribution in [0.25, 0.3) is 5.69 Å². The van der Waals surface area contributed by atoms with E-state index < -0.39 is 0 Å². The quantitative estimate of drug-likeness (QED) is 0.626. The smallest absolute Gasteiger partial charge is 0.255 e. The minimum atomic E-state index is -0.306. The molecular weight excluding hydrogens is 367 g/mol. The molecule has 2 aromatic carbocycles. The molecule has 0 atom stereocenters. The number of carbonyl (C=O) groups excluding carboxylic acids is 1. The van der Waals surface area contributed by atoms with Gasteiger partial charge in [-0.3, -0.25) is 9.69 Å². The van der Waals surface area contributed by atoms with E-state index in [0.717, 1.165) is 25.2 Å². The molecule has 0 bridgehead atoms. The van der Waals surface area contributed by atoms with Crippen LogP contribution in [0.1, 0.15) is 41.0 Å². The molecule has 6 heteroatoms. The summed E-state index contributed by atoms with van der Waals surface area (Å²) in [5.41, 5.74) is 4.26. The number of rotatable bonds is 8. The van der Waals surface area contributed by atoms with Gasteiger partial charge in [-0.25, -0.2) is 9.07 Å². The fourth-order valence-electron chi connectivity index (χ4n) is 3.32. The Hall–Kier alpha value is -2.99. The van der Waals surface area contributed by atoms with Crippen LogP contribution in [0.2, 0.25) is 0 Å². The lowest BCUT2D eigenvalue weighted by Gasteiger charge is -2.20. The van der Waals surface area contributed by atoms with Gasteiger partial charge in [0, 0.05) is 13.1 Å². The number of amides is 1. The number of hydrogen-bond donors (Lipinski definition) is 1. The topological polar surface area (TPSA) is 50.2 Å². The zero-order valence-corrected chi connectivity index (χ0v) is 17.2. The van der Waals surface area contributed by atoms with E-state index >= 15 is 0 Å². The summed E-state index contributed by atoms with van der Waals surface area (Å²) in [6.45, 7) is 9.42. The number of benzene rings is 2. The van der Waals surface area contributed by atoms with Gasteiger partial charge in [0.1, 0.15) is 5.82 Å². The summed E-state index contributed by atoms with van der Waals surface area (Å²) in [6, 6.07) is 14.2. The van der Waals surface area contributed by atoms with E-state index in [0.29, 0.717) is 23.5 Å². The normalized spacial score (nSPS) is 11.1. The Balaban J connectivity index is 1.72. The first-order valence-electron chi connectivity index (χ1n) is 9.91. The summed E-state index contributed by atoms with van der Waals surface area (Å²) in [5.74, 6) is -0.478. The van der Waals surface area contributed by atoms with E-state index in [1.165, 1.54) is 17.7 Å². The van der Waals surface area contributed by atoms with Crippen molar-refractivity contribution in [3.63, 3.8) is 0 Å². The molecule has 0 unspecified atom stereocenters. The van der Waals surface area contributed by atoms with Crippen molar-refractivity contribution in [3.8, 4) is 5.69 Å². The van der Waals surface area contributed by atoms with Gasteiger partial charge in [-0.05, 0) is 55.4 Å². The SMILES string of the molecule is CCN(CC)Cc1ccccc1CNC(=O)c1cnn(-c2ccc(F)cc2)c1C. The molecule has 0 aliphatic carbocycles. The van der Waals surface area contributed by atoms with Gasteiger partial charge in [0.05, 0.1) is 23.1 Å². The fourth-order valence-corrected chi connectivity index (χ4v) is 3.32. The summed E-state index contributed by atoms with van der Waals surface area (Å²) in [6.07, 6.45) is 1.55. The molecule has 5 nitrogen and oxygen atoms in total. The number of aromatic nitrogens is 2. The van der Waals surface area contributed by atoms with Crippen molar-refractivity contribution in [2.75, 3.05) is 13.1 Å². The summed E-state index contributed by atoms with van der Waals surface area (Å²) < 4.78 is 14.8. The monoisotopic (exact) mass is 394 g/mol. The molecule has 1 aromatic heterocycles. The Bertz CT molecular complexity index is 961. The van der Waals surface area contributed by atoms with Crippen LogP contribution in [0.15, 0.2) is 54.7 Å². The molecular formula is C23H27FN4O. The lowest BCUT2D eigenvalue weighted by molar-refractivity contribution is 0.0950. The molecule has 29 heavy (non-hydrogen) atoms. The van der Waals surface area contributed by atoms with Crippen LogP contribution in [0, 0.1) is 12.7 Å². The Morgan fingerprint density at radius 2 is 1.72 bits per heavy atom. The van der Waals surface area contributed by atoms with Crippen LogP contribution in [0.3, 0.4) is 0 Å². The molecule has 0 fully saturated rings. The van der Waals surface area contributed by atoms with E-state index in [1.54, 1.807) is 23.0 Å². The highest BCUT2D eigenvalue weighted by Crippen LogP contribution is 2.16. The van der Waals surface area contributed by atoms with Crippen molar-refractivity contribution in [2.45, 2.75) is 33.9 Å². The predicted molar refractivity (Wildman–Crippen MR) is 112 cm³/mol. The third kappa shape index (κ3) is 4.90. The molecule has 1 amide bonds. The first-order chi connectivity index (χ1) is 14.0. The number of halogens is 1. The van der Waals surface area contributed by atoms with E-state index in [-0.39, 0.29) is 11.7 Å². The zero-order valence-electron chi connectivity index (χ0n) is 17.2. The lowest BCUT2D eigenvalue weighted by atomic mass is 10.1. The van der Waals surface area contributed by atoms with Crippen LogP contribution in [-0.2, 0) is 13.1 Å². The lowest BCUT2D eigenvalue weighted by Crippen LogP contribution is -2.26. The maximum atomic E-state index is 13.2. The van der Waals surface area contributed by atoms with Crippen molar-refractivity contribution >= 4 is 5.91 Å². The Kier molecular flexibility index (Phi) is 6.77. The van der Waals surface area contributed by atoms with Gasteiger partial charge in [-0.1, -0.05) is 38.1 Å². The first kappa shape index (κ1) is 20.7. The average molecular weight is 394 g/mol. The molecule has 0 aliphatic rings. The Morgan fingerprint density at radius 3 is 2.38 bits per heavy atom. The largest absolute Gasteiger partial charge is 0.348 e. The van der Waals surface area contributed by atoms with Crippen LogP contribution >= 0.6 is 0 Å². The van der Waals surface area contributed by atoms with Crippen molar-refractivity contribution < 1.29 is 9.18 Å². The number of hydrogen-bond acceptors (Lipinski definition) is 3. The molecule has 0 spiro atoms. The van der Waals surface area contributed by atoms with Crippen LogP contribution in [0.5, 0.6) is 0 Å². The van der Waals surface area contributed by atoms with Crippen LogP contribution in [0.4, 0.5) is 4.39 Å². The Morgan fingerprint density at radius 1 is 1.07 bits per heavy atom. The van der Waals surface area contributed by atoms with Gasteiger partial charge in [-0.2, -0.15) is 5.10 Å². The first-order valence-corrected chi connectivity index (χ1v) is 9.91. The summed E-state index contributed by atoms with van der Waals surface area (Å²) >= 11 is 0. The summed E-state index contributed by atoms with van der Waals surface area (Å²) in [5, 5.41) is 7.31. The van der Waals surface area contributed by atoms with E-state index in [9.17, 15) is 9.18 Å². The Labute approximate surface area is 171 Å². The van der Waals surface area contributed by atoms with Crippen molar-refractivity contribution in [3.05, 3.63) is 82.9 Å². The third-order valence-corrected chi connectivity index (χ3v) is 5.17. The minimum Gasteiger partial charge on any atom is -0.348 e. The second kappa shape index (κ2) is 9.47. The number of nitrogens with one attached hydrogen (secondary N) is 1. The fraction of sp³-hybridized carbons (Fsp3) is 0.304. The second-order valence-electron chi connectivity index (χ2n) is 6.94. The maximum Gasteiger partial charge on any atom is 0.255 e. The van der Waals surface area contributed by atoms with Gasteiger partial charge in [-0.15, -0.1) is 0 Å². The average Bonchev–Trinajstić information content (AvgIpc) is 3.13. The highest BCUT2D eigenvalue weighted by atomic mass is 19.1. The second-order valence-corrected chi connectivity index (χ2v) is 6.94. The van der Waals surface area contributed by atoms with Gasteiger partial charge in [0.2, 0.25) is 0 Å². The van der Waals surface area contributed by atoms with Gasteiger partial charge >= 0.3 is 0 Å². The molecule has 0 saturated carbocycles. The van der Waals surface area contributed by atoms with Gasteiger partial charge in [0.15, 0.2) is 0 Å². The molecule has 1 N–H and O–H groups in total. The van der Waals surface area contributed by atoms with E-state index in [1.807, 2.05) is 25.1 Å². The highest BCUT2D eigenvalue weighted by Gasteiger charge is 2.16. The van der Waals surface area contributed by atoms with Gasteiger partial charge in [0.25, 0.3) is 5.91 Å². The van der Waals surface area contributed by atoms with Crippen molar-refractivity contribution in [2.24, 2.45) is 0 Å². The minimum absolute atomic E-state index is 0.173. The molecule has 3 rings (SSSR count).